The van der Waals surface area contributed by atoms with Gasteiger partial charge in [0.1, 0.15) is 5.58 Å². The summed E-state index contributed by atoms with van der Waals surface area (Å²) in [5, 5.41) is 0.702. The van der Waals surface area contributed by atoms with Crippen LogP contribution in [0.2, 0.25) is 0 Å². The van der Waals surface area contributed by atoms with Crippen molar-refractivity contribution in [2.24, 2.45) is 0 Å². The highest BCUT2D eigenvalue weighted by Gasteiger charge is 2.16. The van der Waals surface area contributed by atoms with E-state index >= 15 is 0 Å². The summed E-state index contributed by atoms with van der Waals surface area (Å²) in [5.74, 6) is 1.02. The van der Waals surface area contributed by atoms with Gasteiger partial charge in [-0.3, -0.25) is 4.18 Å². The van der Waals surface area contributed by atoms with Gasteiger partial charge in [0.25, 0.3) is 10.1 Å². The van der Waals surface area contributed by atoms with Crippen LogP contribution in [0.25, 0.3) is 11.0 Å². The average Bonchev–Trinajstić information content (AvgIpc) is 2.50. The molecule has 7 nitrogen and oxygen atoms in total. The molecule has 8 heteroatoms. The van der Waals surface area contributed by atoms with Crippen LogP contribution in [0.3, 0.4) is 0 Å². The normalized spacial score (nSPS) is 11.7. The van der Waals surface area contributed by atoms with Crippen LogP contribution in [0.5, 0.6) is 11.5 Å². The summed E-state index contributed by atoms with van der Waals surface area (Å²) in [6, 6.07) is 3.35. The van der Waals surface area contributed by atoms with E-state index in [1.807, 2.05) is 6.92 Å². The number of hydrogen-bond acceptors (Lipinski definition) is 7. The second-order valence-corrected chi connectivity index (χ2v) is 6.85. The minimum Gasteiger partial charge on any atom is -0.493 e. The van der Waals surface area contributed by atoms with Crippen LogP contribution in [-0.4, -0.2) is 35.0 Å². The molecule has 2 aromatic rings. The molecular formula is C16H20O7S. The van der Waals surface area contributed by atoms with Crippen LogP contribution in [0.1, 0.15) is 18.1 Å². The lowest BCUT2D eigenvalue weighted by Crippen LogP contribution is -2.15. The van der Waals surface area contributed by atoms with E-state index in [0.29, 0.717) is 40.2 Å². The van der Waals surface area contributed by atoms with Crippen molar-refractivity contribution in [3.05, 3.63) is 33.7 Å². The van der Waals surface area contributed by atoms with E-state index in [4.69, 9.17) is 18.1 Å². The number of ether oxygens (including phenoxy) is 2. The standard InChI is InChI=1S/C16H20O7S/c1-5-21-15-8-12-10(2)11(6-7-22-24(4,18)19)16(17)23-13(12)9-14(15)20-3/h8-9H,5-7H2,1-4H3. The SMILES string of the molecule is CCOc1cc2c(C)c(CCOS(C)(=O)=O)c(=O)oc2cc1OC. The summed E-state index contributed by atoms with van der Waals surface area (Å²) in [4.78, 5) is 12.2. The molecule has 0 saturated heterocycles. The molecule has 0 N–H and O–H groups in total. The number of fused-ring (bicyclic) bond motifs is 1. The topological polar surface area (TPSA) is 92.0 Å². The van der Waals surface area contributed by atoms with E-state index in [1.165, 1.54) is 7.11 Å². The van der Waals surface area contributed by atoms with E-state index in [9.17, 15) is 13.2 Å². The fourth-order valence-electron chi connectivity index (χ4n) is 2.41. The first-order valence-electron chi connectivity index (χ1n) is 7.38. The molecule has 1 aromatic heterocycles. The summed E-state index contributed by atoms with van der Waals surface area (Å²) in [7, 11) is -2.05. The predicted molar refractivity (Wildman–Crippen MR) is 89.4 cm³/mol. The highest BCUT2D eigenvalue weighted by Crippen LogP contribution is 2.33. The van der Waals surface area contributed by atoms with Crippen LogP contribution in [0.4, 0.5) is 0 Å². The van der Waals surface area contributed by atoms with Gasteiger partial charge < -0.3 is 13.9 Å². The van der Waals surface area contributed by atoms with E-state index in [0.717, 1.165) is 6.26 Å². The van der Waals surface area contributed by atoms with Gasteiger partial charge in [-0.25, -0.2) is 4.79 Å². The van der Waals surface area contributed by atoms with Crippen LogP contribution in [0.15, 0.2) is 21.3 Å². The zero-order valence-corrected chi connectivity index (χ0v) is 14.9. The predicted octanol–water partition coefficient (Wildman–Crippen LogP) is 2.03. The smallest absolute Gasteiger partial charge is 0.339 e. The Morgan fingerprint density at radius 1 is 1.21 bits per heavy atom. The molecule has 2 rings (SSSR count). The molecule has 1 aromatic carbocycles. The average molecular weight is 356 g/mol. The third-order valence-electron chi connectivity index (χ3n) is 3.52. The largest absolute Gasteiger partial charge is 0.493 e. The first-order valence-corrected chi connectivity index (χ1v) is 9.20. The first-order chi connectivity index (χ1) is 11.3. The maximum Gasteiger partial charge on any atom is 0.339 e. The van der Waals surface area contributed by atoms with Gasteiger partial charge in [-0.1, -0.05) is 0 Å². The summed E-state index contributed by atoms with van der Waals surface area (Å²) < 4.78 is 42.9. The van der Waals surface area contributed by atoms with Gasteiger partial charge in [-0.15, -0.1) is 0 Å². The number of hydrogen-bond donors (Lipinski definition) is 0. The van der Waals surface area contributed by atoms with Crippen molar-refractivity contribution < 1.29 is 26.5 Å². The second-order valence-electron chi connectivity index (χ2n) is 5.20. The van der Waals surface area contributed by atoms with Crippen molar-refractivity contribution in [2.75, 3.05) is 26.6 Å². The number of methoxy groups -OCH3 is 1. The van der Waals surface area contributed by atoms with Crippen LogP contribution < -0.4 is 15.1 Å². The maximum atomic E-state index is 12.2. The third-order valence-corrected chi connectivity index (χ3v) is 4.12. The highest BCUT2D eigenvalue weighted by molar-refractivity contribution is 7.85. The molecule has 0 aliphatic heterocycles. The molecular weight excluding hydrogens is 336 g/mol. The van der Waals surface area contributed by atoms with Crippen LogP contribution >= 0.6 is 0 Å². The lowest BCUT2D eigenvalue weighted by Gasteiger charge is -2.13. The molecule has 0 aliphatic rings. The van der Waals surface area contributed by atoms with Crippen molar-refractivity contribution >= 4 is 21.1 Å². The molecule has 0 atom stereocenters. The monoisotopic (exact) mass is 356 g/mol. The van der Waals surface area contributed by atoms with Gasteiger partial charge in [0, 0.05) is 23.4 Å². The van der Waals surface area contributed by atoms with Crippen LogP contribution in [0, 0.1) is 6.92 Å². The minimum atomic E-state index is -3.55. The van der Waals surface area contributed by atoms with E-state index in [2.05, 4.69) is 0 Å². The molecule has 0 amide bonds. The second kappa shape index (κ2) is 7.23. The molecule has 0 fully saturated rings. The summed E-state index contributed by atoms with van der Waals surface area (Å²) in [6.07, 6.45) is 1.09. The van der Waals surface area contributed by atoms with Crippen molar-refractivity contribution in [3.8, 4) is 11.5 Å². The molecule has 0 radical (unpaired) electrons. The van der Waals surface area contributed by atoms with Gasteiger partial charge >= 0.3 is 5.63 Å². The Balaban J connectivity index is 2.49. The van der Waals surface area contributed by atoms with Gasteiger partial charge in [0.2, 0.25) is 0 Å². The Morgan fingerprint density at radius 3 is 2.50 bits per heavy atom. The maximum absolute atomic E-state index is 12.2. The minimum absolute atomic E-state index is 0.121. The molecule has 24 heavy (non-hydrogen) atoms. The highest BCUT2D eigenvalue weighted by atomic mass is 32.2. The zero-order valence-electron chi connectivity index (χ0n) is 14.0. The van der Waals surface area contributed by atoms with E-state index < -0.39 is 15.7 Å². The Bertz CT molecular complexity index is 897. The quantitative estimate of drug-likeness (QED) is 0.553. The molecule has 0 saturated carbocycles. The number of aryl methyl sites for hydroxylation is 1. The van der Waals surface area contributed by atoms with Crippen molar-refractivity contribution in [1.82, 2.24) is 0 Å². The summed E-state index contributed by atoms with van der Waals surface area (Å²) in [6.45, 7) is 3.98. The zero-order chi connectivity index (χ0) is 17.9. The Hall–Kier alpha value is -2.06. The molecule has 1 heterocycles. The Labute approximate surface area is 140 Å². The lowest BCUT2D eigenvalue weighted by molar-refractivity contribution is 0.311. The van der Waals surface area contributed by atoms with Crippen LogP contribution in [-0.2, 0) is 20.7 Å². The lowest BCUT2D eigenvalue weighted by atomic mass is 10.0. The summed E-state index contributed by atoms with van der Waals surface area (Å²) >= 11 is 0. The fraction of sp³-hybridized carbons (Fsp3) is 0.438. The van der Waals surface area contributed by atoms with Gasteiger partial charge in [-0.05, 0) is 25.5 Å². The molecule has 132 valence electrons. The number of rotatable bonds is 7. The van der Waals surface area contributed by atoms with Gasteiger partial charge in [-0.2, -0.15) is 8.42 Å². The molecule has 0 bridgehead atoms. The van der Waals surface area contributed by atoms with Crippen molar-refractivity contribution in [1.29, 1.82) is 0 Å². The first kappa shape index (κ1) is 18.3. The Morgan fingerprint density at radius 2 is 1.92 bits per heavy atom. The fourth-order valence-corrected chi connectivity index (χ4v) is 2.79. The van der Waals surface area contributed by atoms with Gasteiger partial charge in [0.05, 0.1) is 26.6 Å². The van der Waals surface area contributed by atoms with Crippen molar-refractivity contribution in [2.45, 2.75) is 20.3 Å². The van der Waals surface area contributed by atoms with Gasteiger partial charge in [0.15, 0.2) is 11.5 Å². The van der Waals surface area contributed by atoms with E-state index in [1.54, 1.807) is 19.1 Å². The Kier molecular flexibility index (Phi) is 5.51. The number of benzene rings is 1. The molecule has 0 spiro atoms. The van der Waals surface area contributed by atoms with E-state index in [-0.39, 0.29) is 13.0 Å². The van der Waals surface area contributed by atoms with Crippen molar-refractivity contribution in [3.63, 3.8) is 0 Å². The molecule has 0 aliphatic carbocycles. The third kappa shape index (κ3) is 4.07. The summed E-state index contributed by atoms with van der Waals surface area (Å²) in [5.41, 5.74) is 0.926. The molecule has 0 unspecified atom stereocenters.